The van der Waals surface area contributed by atoms with E-state index >= 15 is 0 Å². The van der Waals surface area contributed by atoms with E-state index in [1.807, 2.05) is 0 Å². The lowest BCUT2D eigenvalue weighted by Crippen LogP contribution is -2.52. The minimum atomic E-state index is -4.46. The van der Waals surface area contributed by atoms with Crippen molar-refractivity contribution in [2.45, 2.75) is 45.2 Å². The standard InChI is InChI=1S/C12H20F3N3O2/c1-2-7-18(8-12(13,14)15)10(19)11(9(16)17-20)5-3-4-6-11/h20H,2-8H2,1H3,(H2,16,17). The lowest BCUT2D eigenvalue weighted by Gasteiger charge is -2.33. The number of rotatable bonds is 5. The molecule has 0 bridgehead atoms. The highest BCUT2D eigenvalue weighted by Crippen LogP contribution is 2.40. The Morgan fingerprint density at radius 2 is 1.95 bits per heavy atom. The smallest absolute Gasteiger partial charge is 0.406 e. The predicted molar refractivity (Wildman–Crippen MR) is 67.2 cm³/mol. The summed E-state index contributed by atoms with van der Waals surface area (Å²) in [7, 11) is 0. The molecule has 0 unspecified atom stereocenters. The summed E-state index contributed by atoms with van der Waals surface area (Å²) in [6, 6.07) is 0. The molecule has 0 aromatic heterocycles. The zero-order valence-electron chi connectivity index (χ0n) is 11.4. The van der Waals surface area contributed by atoms with Crippen LogP contribution in [0.5, 0.6) is 0 Å². The first-order valence-corrected chi connectivity index (χ1v) is 6.61. The molecular weight excluding hydrogens is 275 g/mol. The Morgan fingerprint density at radius 1 is 1.40 bits per heavy atom. The van der Waals surface area contributed by atoms with Crippen LogP contribution in [0.3, 0.4) is 0 Å². The maximum absolute atomic E-state index is 12.6. The number of hydrogen-bond donors (Lipinski definition) is 2. The highest BCUT2D eigenvalue weighted by molar-refractivity contribution is 6.07. The molecule has 1 saturated carbocycles. The number of nitrogens with zero attached hydrogens (tertiary/aromatic N) is 2. The summed E-state index contributed by atoms with van der Waals surface area (Å²) in [6.07, 6.45) is -2.06. The molecule has 0 atom stereocenters. The fourth-order valence-electron chi connectivity index (χ4n) is 2.70. The molecule has 0 spiro atoms. The van der Waals surface area contributed by atoms with Gasteiger partial charge in [-0.15, -0.1) is 0 Å². The summed E-state index contributed by atoms with van der Waals surface area (Å²) < 4.78 is 37.7. The monoisotopic (exact) mass is 295 g/mol. The number of carbonyl (C=O) groups excluding carboxylic acids is 1. The zero-order valence-corrected chi connectivity index (χ0v) is 11.4. The topological polar surface area (TPSA) is 78.9 Å². The molecular formula is C12H20F3N3O2. The number of amides is 1. The molecule has 1 aliphatic rings. The van der Waals surface area contributed by atoms with Crippen molar-refractivity contribution in [3.05, 3.63) is 0 Å². The molecule has 20 heavy (non-hydrogen) atoms. The predicted octanol–water partition coefficient (Wildman–Crippen LogP) is 2.09. The van der Waals surface area contributed by atoms with Crippen LogP contribution in [0.2, 0.25) is 0 Å². The first-order valence-electron chi connectivity index (χ1n) is 6.61. The maximum Gasteiger partial charge on any atom is 0.406 e. The number of nitrogens with two attached hydrogens (primary N) is 1. The summed E-state index contributed by atoms with van der Waals surface area (Å²) in [4.78, 5) is 13.3. The fourth-order valence-corrected chi connectivity index (χ4v) is 2.70. The maximum atomic E-state index is 12.6. The molecule has 0 heterocycles. The summed E-state index contributed by atoms with van der Waals surface area (Å²) in [5, 5.41) is 11.7. The second-order valence-electron chi connectivity index (χ2n) is 5.12. The Balaban J connectivity index is 3.02. The van der Waals surface area contributed by atoms with Crippen LogP contribution >= 0.6 is 0 Å². The van der Waals surface area contributed by atoms with Crippen LogP contribution in [0.1, 0.15) is 39.0 Å². The SMILES string of the molecule is CCCN(CC(F)(F)F)C(=O)C1(C(N)=NO)CCCC1. The third-order valence-corrected chi connectivity index (χ3v) is 3.62. The Hall–Kier alpha value is -1.47. The molecule has 1 rings (SSSR count). The summed E-state index contributed by atoms with van der Waals surface area (Å²) in [5.41, 5.74) is 4.30. The van der Waals surface area contributed by atoms with Crippen LogP contribution < -0.4 is 5.73 Å². The molecule has 8 heteroatoms. The summed E-state index contributed by atoms with van der Waals surface area (Å²) in [5.74, 6) is -0.979. The fraction of sp³-hybridized carbons (Fsp3) is 0.833. The van der Waals surface area contributed by atoms with Crippen LogP contribution in [0, 0.1) is 5.41 Å². The van der Waals surface area contributed by atoms with E-state index in [-0.39, 0.29) is 12.4 Å². The van der Waals surface area contributed by atoms with Crippen LogP contribution in [0.25, 0.3) is 0 Å². The van der Waals surface area contributed by atoms with E-state index in [1.54, 1.807) is 6.92 Å². The molecule has 0 radical (unpaired) electrons. The van der Waals surface area contributed by atoms with Crippen LogP contribution in [-0.4, -0.2) is 41.1 Å². The van der Waals surface area contributed by atoms with Crippen molar-refractivity contribution in [3.8, 4) is 0 Å². The minimum absolute atomic E-state index is 0.00119. The minimum Gasteiger partial charge on any atom is -0.409 e. The van der Waals surface area contributed by atoms with Gasteiger partial charge in [0.05, 0.1) is 0 Å². The van der Waals surface area contributed by atoms with Gasteiger partial charge in [-0.05, 0) is 19.3 Å². The Labute approximate surface area is 115 Å². The van der Waals surface area contributed by atoms with Gasteiger partial charge in [0.25, 0.3) is 0 Å². The number of amidine groups is 1. The highest BCUT2D eigenvalue weighted by atomic mass is 19.4. The van der Waals surface area contributed by atoms with Gasteiger partial charge in [-0.1, -0.05) is 24.9 Å². The molecule has 3 N–H and O–H groups in total. The van der Waals surface area contributed by atoms with Crippen molar-refractivity contribution in [1.82, 2.24) is 4.90 Å². The van der Waals surface area contributed by atoms with Crippen molar-refractivity contribution < 1.29 is 23.2 Å². The lowest BCUT2D eigenvalue weighted by atomic mass is 9.83. The van der Waals surface area contributed by atoms with Gasteiger partial charge in [0.2, 0.25) is 5.91 Å². The van der Waals surface area contributed by atoms with Crippen molar-refractivity contribution in [2.24, 2.45) is 16.3 Å². The highest BCUT2D eigenvalue weighted by Gasteiger charge is 2.49. The molecule has 1 aliphatic carbocycles. The quantitative estimate of drug-likeness (QED) is 0.353. The molecule has 0 saturated heterocycles. The third kappa shape index (κ3) is 3.55. The molecule has 0 aliphatic heterocycles. The molecule has 1 fully saturated rings. The van der Waals surface area contributed by atoms with E-state index in [2.05, 4.69) is 5.16 Å². The van der Waals surface area contributed by atoms with Gasteiger partial charge in [0.1, 0.15) is 12.0 Å². The number of halogens is 3. The van der Waals surface area contributed by atoms with Gasteiger partial charge in [0, 0.05) is 6.54 Å². The molecule has 0 aromatic rings. The molecule has 116 valence electrons. The van der Waals surface area contributed by atoms with E-state index in [0.717, 1.165) is 4.90 Å². The second-order valence-corrected chi connectivity index (χ2v) is 5.12. The number of carbonyl (C=O) groups is 1. The van der Waals surface area contributed by atoms with Gasteiger partial charge in [-0.3, -0.25) is 4.79 Å². The summed E-state index contributed by atoms with van der Waals surface area (Å²) >= 11 is 0. The van der Waals surface area contributed by atoms with Crippen molar-refractivity contribution >= 4 is 11.7 Å². The van der Waals surface area contributed by atoms with E-state index in [4.69, 9.17) is 10.9 Å². The Bertz CT molecular complexity index is 377. The van der Waals surface area contributed by atoms with Crippen LogP contribution in [-0.2, 0) is 4.79 Å². The van der Waals surface area contributed by atoms with Gasteiger partial charge < -0.3 is 15.8 Å². The number of alkyl halides is 3. The Morgan fingerprint density at radius 3 is 2.35 bits per heavy atom. The van der Waals surface area contributed by atoms with Crippen LogP contribution in [0.4, 0.5) is 13.2 Å². The first kappa shape index (κ1) is 16.6. The largest absolute Gasteiger partial charge is 0.409 e. The normalized spacial score (nSPS) is 19.1. The van der Waals surface area contributed by atoms with Gasteiger partial charge >= 0.3 is 6.18 Å². The average molecular weight is 295 g/mol. The first-order chi connectivity index (χ1) is 9.27. The van der Waals surface area contributed by atoms with E-state index in [9.17, 15) is 18.0 Å². The van der Waals surface area contributed by atoms with Crippen LogP contribution in [0.15, 0.2) is 5.16 Å². The molecule has 0 aromatic carbocycles. The average Bonchev–Trinajstić information content (AvgIpc) is 2.85. The number of oxime groups is 1. The number of hydrogen-bond acceptors (Lipinski definition) is 3. The third-order valence-electron chi connectivity index (χ3n) is 3.62. The molecule has 5 nitrogen and oxygen atoms in total. The van der Waals surface area contributed by atoms with Crippen molar-refractivity contribution in [1.29, 1.82) is 0 Å². The van der Waals surface area contributed by atoms with E-state index in [0.29, 0.717) is 32.1 Å². The van der Waals surface area contributed by atoms with Gasteiger partial charge in [-0.25, -0.2) is 0 Å². The van der Waals surface area contributed by atoms with E-state index in [1.165, 1.54) is 0 Å². The summed E-state index contributed by atoms with van der Waals surface area (Å²) in [6.45, 7) is 0.389. The van der Waals surface area contributed by atoms with Gasteiger partial charge in [0.15, 0.2) is 5.84 Å². The van der Waals surface area contributed by atoms with Gasteiger partial charge in [-0.2, -0.15) is 13.2 Å². The second kappa shape index (κ2) is 6.32. The van der Waals surface area contributed by atoms with E-state index < -0.39 is 24.0 Å². The lowest BCUT2D eigenvalue weighted by molar-refractivity contribution is -0.165. The zero-order chi connectivity index (χ0) is 15.4. The Kier molecular flexibility index (Phi) is 5.24. The van der Waals surface area contributed by atoms with Crippen molar-refractivity contribution in [3.63, 3.8) is 0 Å². The molecule has 1 amide bonds. The van der Waals surface area contributed by atoms with Crippen molar-refractivity contribution in [2.75, 3.05) is 13.1 Å².